The molecule has 0 aliphatic rings. The quantitative estimate of drug-likeness (QED) is 0.836. The van der Waals surface area contributed by atoms with E-state index in [1.165, 1.54) is 6.33 Å². The fourth-order valence-corrected chi connectivity index (χ4v) is 1.29. The van der Waals surface area contributed by atoms with Crippen molar-refractivity contribution in [2.45, 2.75) is 19.9 Å². The van der Waals surface area contributed by atoms with Gasteiger partial charge < -0.3 is 5.32 Å². The molecule has 16 heavy (non-hydrogen) atoms. The average Bonchev–Trinajstić information content (AvgIpc) is 2.38. The molecule has 0 unspecified atom stereocenters. The first kappa shape index (κ1) is 10.5. The molecule has 0 saturated heterocycles. The van der Waals surface area contributed by atoms with Gasteiger partial charge in [-0.2, -0.15) is 0 Å². The van der Waals surface area contributed by atoms with Gasteiger partial charge in [0.05, 0.1) is 12.2 Å². The minimum absolute atomic E-state index is 0.642. The number of aromatic nitrogens is 4. The van der Waals surface area contributed by atoms with Gasteiger partial charge in [-0.05, 0) is 12.5 Å². The Morgan fingerprint density at radius 3 is 2.75 bits per heavy atom. The van der Waals surface area contributed by atoms with E-state index in [-0.39, 0.29) is 0 Å². The normalized spacial score (nSPS) is 10.1. The van der Waals surface area contributed by atoms with Gasteiger partial charge in [0.2, 0.25) is 0 Å². The number of nitrogens with one attached hydrogen (secondary N) is 1. The highest BCUT2D eigenvalue weighted by molar-refractivity contribution is 5.35. The highest BCUT2D eigenvalue weighted by Crippen LogP contribution is 2.05. The second-order valence-corrected chi connectivity index (χ2v) is 3.30. The monoisotopic (exact) mass is 215 g/mol. The average molecular weight is 215 g/mol. The van der Waals surface area contributed by atoms with E-state index in [1.54, 1.807) is 12.5 Å². The van der Waals surface area contributed by atoms with Crippen molar-refractivity contribution in [3.05, 3.63) is 42.4 Å². The van der Waals surface area contributed by atoms with E-state index in [2.05, 4.69) is 32.2 Å². The lowest BCUT2D eigenvalue weighted by molar-refractivity contribution is 0.965. The molecule has 0 amide bonds. The van der Waals surface area contributed by atoms with Gasteiger partial charge >= 0.3 is 0 Å². The predicted molar refractivity (Wildman–Crippen MR) is 60.8 cm³/mol. The summed E-state index contributed by atoms with van der Waals surface area (Å²) >= 11 is 0. The molecule has 0 radical (unpaired) electrons. The molecule has 2 aromatic rings. The second kappa shape index (κ2) is 5.16. The maximum absolute atomic E-state index is 4.14. The van der Waals surface area contributed by atoms with Crippen LogP contribution in [0.1, 0.15) is 18.3 Å². The number of rotatable bonds is 4. The third-order valence-electron chi connectivity index (χ3n) is 2.18. The summed E-state index contributed by atoms with van der Waals surface area (Å²) < 4.78 is 0. The molecule has 0 saturated carbocycles. The number of aryl methyl sites for hydroxylation is 1. The molecule has 5 nitrogen and oxygen atoms in total. The molecule has 0 aliphatic carbocycles. The Bertz CT molecular complexity index is 443. The third kappa shape index (κ3) is 2.73. The van der Waals surface area contributed by atoms with Gasteiger partial charge in [-0.25, -0.2) is 19.9 Å². The van der Waals surface area contributed by atoms with Crippen LogP contribution in [0.4, 0.5) is 5.82 Å². The topological polar surface area (TPSA) is 63.6 Å². The summed E-state index contributed by atoms with van der Waals surface area (Å²) in [6.45, 7) is 2.71. The van der Waals surface area contributed by atoms with E-state index < -0.39 is 0 Å². The number of hydrogen-bond donors (Lipinski definition) is 1. The lowest BCUT2D eigenvalue weighted by Gasteiger charge is -2.05. The summed E-state index contributed by atoms with van der Waals surface area (Å²) in [5.74, 6) is 0.825. The Balaban J connectivity index is 1.99. The lowest BCUT2D eigenvalue weighted by Crippen LogP contribution is -2.04. The van der Waals surface area contributed by atoms with Crippen molar-refractivity contribution in [1.29, 1.82) is 0 Å². The summed E-state index contributed by atoms with van der Waals surface area (Å²) in [5.41, 5.74) is 1.96. The summed E-state index contributed by atoms with van der Waals surface area (Å²) in [6, 6.07) is 3.82. The Kier molecular flexibility index (Phi) is 3.38. The number of anilines is 1. The van der Waals surface area contributed by atoms with Gasteiger partial charge in [0, 0.05) is 18.0 Å². The largest absolute Gasteiger partial charge is 0.364 e. The zero-order valence-corrected chi connectivity index (χ0v) is 9.09. The zero-order valence-electron chi connectivity index (χ0n) is 9.09. The van der Waals surface area contributed by atoms with Crippen molar-refractivity contribution >= 4 is 5.82 Å². The van der Waals surface area contributed by atoms with Crippen molar-refractivity contribution in [1.82, 2.24) is 19.9 Å². The van der Waals surface area contributed by atoms with Crippen LogP contribution in [-0.2, 0) is 13.0 Å². The van der Waals surface area contributed by atoms with E-state index in [1.807, 2.05) is 12.1 Å². The van der Waals surface area contributed by atoms with Crippen molar-refractivity contribution in [3.63, 3.8) is 0 Å². The highest BCUT2D eigenvalue weighted by atomic mass is 15.0. The maximum atomic E-state index is 4.14. The standard InChI is InChI=1S/C11H13N5/c1-2-9-5-11(16-8-15-9)13-6-10-3-4-12-7-14-10/h3-5,7-8H,2,6H2,1H3,(H,13,15,16). The van der Waals surface area contributed by atoms with E-state index in [4.69, 9.17) is 0 Å². The van der Waals surface area contributed by atoms with Crippen LogP contribution in [0, 0.1) is 0 Å². The van der Waals surface area contributed by atoms with Gasteiger partial charge in [0.1, 0.15) is 18.5 Å². The highest BCUT2D eigenvalue weighted by Gasteiger charge is 1.97. The van der Waals surface area contributed by atoms with Gasteiger partial charge in [-0.1, -0.05) is 6.92 Å². The van der Waals surface area contributed by atoms with Crippen molar-refractivity contribution in [2.75, 3.05) is 5.32 Å². The van der Waals surface area contributed by atoms with Crippen LogP contribution in [0.3, 0.4) is 0 Å². The second-order valence-electron chi connectivity index (χ2n) is 3.30. The van der Waals surface area contributed by atoms with Crippen LogP contribution in [0.15, 0.2) is 31.0 Å². The first-order valence-corrected chi connectivity index (χ1v) is 5.18. The van der Waals surface area contributed by atoms with Gasteiger partial charge in [0.15, 0.2) is 0 Å². The van der Waals surface area contributed by atoms with E-state index in [0.717, 1.165) is 23.6 Å². The molecular weight excluding hydrogens is 202 g/mol. The van der Waals surface area contributed by atoms with Crippen molar-refractivity contribution in [2.24, 2.45) is 0 Å². The minimum Gasteiger partial charge on any atom is -0.364 e. The van der Waals surface area contributed by atoms with Crippen molar-refractivity contribution in [3.8, 4) is 0 Å². The molecule has 2 heterocycles. The summed E-state index contributed by atoms with van der Waals surface area (Å²) in [6.07, 6.45) is 5.74. The van der Waals surface area contributed by atoms with Crippen molar-refractivity contribution < 1.29 is 0 Å². The summed E-state index contributed by atoms with van der Waals surface area (Å²) in [5, 5.41) is 3.19. The summed E-state index contributed by atoms with van der Waals surface area (Å²) in [7, 11) is 0. The van der Waals surface area contributed by atoms with Crippen LogP contribution in [-0.4, -0.2) is 19.9 Å². The van der Waals surface area contributed by atoms with Crippen LogP contribution in [0.2, 0.25) is 0 Å². The molecule has 0 spiro atoms. The molecule has 5 heteroatoms. The molecule has 0 aromatic carbocycles. The van der Waals surface area contributed by atoms with E-state index in [9.17, 15) is 0 Å². The minimum atomic E-state index is 0.642. The third-order valence-corrected chi connectivity index (χ3v) is 2.18. The van der Waals surface area contributed by atoms with E-state index in [0.29, 0.717) is 6.54 Å². The molecular formula is C11H13N5. The first-order valence-electron chi connectivity index (χ1n) is 5.18. The first-order chi connectivity index (χ1) is 7.88. The number of nitrogens with zero attached hydrogens (tertiary/aromatic N) is 4. The Morgan fingerprint density at radius 2 is 2.00 bits per heavy atom. The van der Waals surface area contributed by atoms with Crippen LogP contribution in [0.25, 0.3) is 0 Å². The predicted octanol–water partition coefficient (Wildman–Crippen LogP) is 1.44. The molecule has 0 atom stereocenters. The fraction of sp³-hybridized carbons (Fsp3) is 0.273. The Morgan fingerprint density at radius 1 is 1.12 bits per heavy atom. The Hall–Kier alpha value is -2.04. The maximum Gasteiger partial charge on any atom is 0.129 e. The van der Waals surface area contributed by atoms with E-state index >= 15 is 0 Å². The number of hydrogen-bond acceptors (Lipinski definition) is 5. The zero-order chi connectivity index (χ0) is 11.2. The van der Waals surface area contributed by atoms with Crippen LogP contribution in [0.5, 0.6) is 0 Å². The molecule has 82 valence electrons. The van der Waals surface area contributed by atoms with Crippen LogP contribution >= 0.6 is 0 Å². The molecule has 1 N–H and O–H groups in total. The lowest BCUT2D eigenvalue weighted by atomic mass is 10.3. The molecule has 0 fully saturated rings. The van der Waals surface area contributed by atoms with Gasteiger partial charge in [-0.3, -0.25) is 0 Å². The Labute approximate surface area is 94.0 Å². The fourth-order valence-electron chi connectivity index (χ4n) is 1.29. The molecule has 2 aromatic heterocycles. The summed E-state index contributed by atoms with van der Waals surface area (Å²) in [4.78, 5) is 16.3. The van der Waals surface area contributed by atoms with Gasteiger partial charge in [-0.15, -0.1) is 0 Å². The SMILES string of the molecule is CCc1cc(NCc2ccncn2)ncn1. The molecule has 0 aliphatic heterocycles. The van der Waals surface area contributed by atoms with Gasteiger partial charge in [0.25, 0.3) is 0 Å². The smallest absolute Gasteiger partial charge is 0.129 e. The van der Waals surface area contributed by atoms with Crippen LogP contribution < -0.4 is 5.32 Å². The molecule has 0 bridgehead atoms. The molecule has 2 rings (SSSR count).